The molecule has 0 aliphatic heterocycles. The summed E-state index contributed by atoms with van der Waals surface area (Å²) >= 11 is 0. The van der Waals surface area contributed by atoms with E-state index < -0.39 is 9.05 Å². The largest absolute Gasteiger partial charge is 0.495 e. The monoisotopic (exact) mass is 302 g/mol. The van der Waals surface area contributed by atoms with E-state index in [4.69, 9.17) is 19.9 Å². The quantitative estimate of drug-likeness (QED) is 0.805. The van der Waals surface area contributed by atoms with Crippen LogP contribution in [0.2, 0.25) is 0 Å². The Labute approximate surface area is 114 Å². The first-order chi connectivity index (χ1) is 8.95. The minimum atomic E-state index is -3.91. The molecular weight excluding hydrogens is 292 g/mol. The molecule has 1 aromatic heterocycles. The van der Waals surface area contributed by atoms with E-state index in [9.17, 15) is 8.42 Å². The van der Waals surface area contributed by atoms with E-state index in [0.717, 1.165) is 0 Å². The van der Waals surface area contributed by atoms with Crippen molar-refractivity contribution in [2.45, 2.75) is 18.2 Å². The molecule has 0 N–H and O–H groups in total. The molecule has 19 heavy (non-hydrogen) atoms. The number of rotatable bonds is 4. The Morgan fingerprint density at radius 2 is 2.16 bits per heavy atom. The summed E-state index contributed by atoms with van der Waals surface area (Å²) in [7, 11) is 2.81. The lowest BCUT2D eigenvalue weighted by molar-refractivity contribution is 0.382. The molecule has 0 spiro atoms. The van der Waals surface area contributed by atoms with E-state index in [1.165, 1.54) is 19.2 Å². The van der Waals surface area contributed by atoms with Crippen LogP contribution in [0, 0.1) is 0 Å². The molecule has 0 fully saturated rings. The van der Waals surface area contributed by atoms with Gasteiger partial charge in [-0.1, -0.05) is 12.1 Å². The molecule has 0 saturated carbocycles. The molecule has 0 bridgehead atoms. The smallest absolute Gasteiger partial charge is 0.265 e. The predicted molar refractivity (Wildman–Crippen MR) is 68.7 cm³/mol. The number of nitrogens with zero attached hydrogens (tertiary/aromatic N) is 2. The van der Waals surface area contributed by atoms with Gasteiger partial charge in [0.25, 0.3) is 9.05 Å². The average Bonchev–Trinajstić information content (AvgIpc) is 2.85. The van der Waals surface area contributed by atoms with Crippen LogP contribution in [0.4, 0.5) is 0 Å². The second-order valence-electron chi connectivity index (χ2n) is 3.67. The van der Waals surface area contributed by atoms with Gasteiger partial charge in [0.2, 0.25) is 11.7 Å². The molecular formula is C11H11ClN2O4S. The van der Waals surface area contributed by atoms with Crippen molar-refractivity contribution >= 4 is 19.7 Å². The zero-order valence-corrected chi connectivity index (χ0v) is 11.8. The van der Waals surface area contributed by atoms with E-state index in [0.29, 0.717) is 23.7 Å². The Hall–Kier alpha value is -1.60. The second kappa shape index (κ2) is 5.18. The fourth-order valence-corrected chi connectivity index (χ4v) is 2.54. The number of halogens is 1. The third-order valence-corrected chi connectivity index (χ3v) is 3.80. The Bertz CT molecular complexity index is 696. The van der Waals surface area contributed by atoms with Crippen molar-refractivity contribution in [2.24, 2.45) is 0 Å². The summed E-state index contributed by atoms with van der Waals surface area (Å²) in [6, 6.07) is 4.48. The lowest BCUT2D eigenvalue weighted by atomic mass is 10.2. The maximum absolute atomic E-state index is 11.5. The summed E-state index contributed by atoms with van der Waals surface area (Å²) in [5, 5.41) is 3.77. The van der Waals surface area contributed by atoms with Gasteiger partial charge in [-0.3, -0.25) is 0 Å². The molecule has 1 heterocycles. The standard InChI is InChI=1S/C11H11ClN2O4S/c1-3-10-13-11(14-18-10)7-4-5-8(17-2)9(6-7)19(12,15)16/h4-6H,3H2,1-2H3. The van der Waals surface area contributed by atoms with Crippen LogP contribution >= 0.6 is 10.7 Å². The van der Waals surface area contributed by atoms with E-state index in [-0.39, 0.29) is 10.6 Å². The molecule has 0 atom stereocenters. The summed E-state index contributed by atoms with van der Waals surface area (Å²) in [6.45, 7) is 1.87. The third-order valence-electron chi connectivity index (χ3n) is 2.46. The molecule has 2 rings (SSSR count). The zero-order valence-electron chi connectivity index (χ0n) is 10.3. The van der Waals surface area contributed by atoms with E-state index in [1.54, 1.807) is 6.07 Å². The molecule has 6 nitrogen and oxygen atoms in total. The van der Waals surface area contributed by atoms with Crippen LogP contribution in [0.25, 0.3) is 11.4 Å². The van der Waals surface area contributed by atoms with Gasteiger partial charge in [0.05, 0.1) is 7.11 Å². The number of hydrogen-bond donors (Lipinski definition) is 0. The van der Waals surface area contributed by atoms with Crippen LogP contribution < -0.4 is 4.74 Å². The van der Waals surface area contributed by atoms with Crippen LogP contribution in [-0.2, 0) is 15.5 Å². The maximum atomic E-state index is 11.5. The van der Waals surface area contributed by atoms with Gasteiger partial charge in [-0.15, -0.1) is 0 Å². The highest BCUT2D eigenvalue weighted by molar-refractivity contribution is 8.13. The van der Waals surface area contributed by atoms with Crippen molar-refractivity contribution in [3.63, 3.8) is 0 Å². The number of benzene rings is 1. The second-order valence-corrected chi connectivity index (χ2v) is 6.20. The summed E-state index contributed by atoms with van der Waals surface area (Å²) in [5.41, 5.74) is 0.489. The molecule has 0 amide bonds. The number of ether oxygens (including phenoxy) is 1. The molecule has 0 radical (unpaired) electrons. The summed E-state index contributed by atoms with van der Waals surface area (Å²) in [6.07, 6.45) is 0.601. The first kappa shape index (κ1) is 13.8. The van der Waals surface area contributed by atoms with E-state index >= 15 is 0 Å². The van der Waals surface area contributed by atoms with Gasteiger partial charge in [0.15, 0.2) is 0 Å². The lowest BCUT2D eigenvalue weighted by Gasteiger charge is -2.06. The molecule has 0 saturated heterocycles. The molecule has 2 aromatic rings. The Kier molecular flexibility index (Phi) is 3.77. The van der Waals surface area contributed by atoms with Crippen LogP contribution in [0.3, 0.4) is 0 Å². The molecule has 8 heteroatoms. The topological polar surface area (TPSA) is 82.3 Å². The van der Waals surface area contributed by atoms with Gasteiger partial charge >= 0.3 is 0 Å². The van der Waals surface area contributed by atoms with Crippen molar-refractivity contribution in [3.05, 3.63) is 24.1 Å². The number of aryl methyl sites for hydroxylation is 1. The molecule has 0 unspecified atom stereocenters. The fraction of sp³-hybridized carbons (Fsp3) is 0.273. The Balaban J connectivity index is 2.55. The highest BCUT2D eigenvalue weighted by Gasteiger charge is 2.19. The van der Waals surface area contributed by atoms with Gasteiger partial charge in [-0.25, -0.2) is 8.42 Å². The Morgan fingerprint density at radius 3 is 2.68 bits per heavy atom. The maximum Gasteiger partial charge on any atom is 0.265 e. The van der Waals surface area contributed by atoms with Gasteiger partial charge in [0, 0.05) is 22.7 Å². The van der Waals surface area contributed by atoms with Crippen molar-refractivity contribution in [1.29, 1.82) is 0 Å². The highest BCUT2D eigenvalue weighted by atomic mass is 35.7. The molecule has 1 aromatic carbocycles. The Morgan fingerprint density at radius 1 is 1.42 bits per heavy atom. The summed E-state index contributed by atoms with van der Waals surface area (Å²) in [5.74, 6) is 0.945. The molecule has 0 aliphatic carbocycles. The van der Waals surface area contributed by atoms with E-state index in [1.807, 2.05) is 6.92 Å². The predicted octanol–water partition coefficient (Wildman–Crippen LogP) is 2.24. The van der Waals surface area contributed by atoms with Crippen molar-refractivity contribution < 1.29 is 17.7 Å². The van der Waals surface area contributed by atoms with Crippen molar-refractivity contribution in [3.8, 4) is 17.1 Å². The summed E-state index contributed by atoms with van der Waals surface area (Å²) in [4.78, 5) is 3.99. The first-order valence-corrected chi connectivity index (χ1v) is 7.72. The van der Waals surface area contributed by atoms with Crippen LogP contribution in [0.1, 0.15) is 12.8 Å². The minimum absolute atomic E-state index is 0.128. The third kappa shape index (κ3) is 2.87. The van der Waals surface area contributed by atoms with Crippen LogP contribution in [-0.4, -0.2) is 25.7 Å². The van der Waals surface area contributed by atoms with Crippen LogP contribution in [0.5, 0.6) is 5.75 Å². The molecule has 0 aliphatic rings. The summed E-state index contributed by atoms with van der Waals surface area (Å²) < 4.78 is 32.9. The highest BCUT2D eigenvalue weighted by Crippen LogP contribution is 2.30. The van der Waals surface area contributed by atoms with Crippen molar-refractivity contribution in [2.75, 3.05) is 7.11 Å². The minimum Gasteiger partial charge on any atom is -0.495 e. The number of aromatic nitrogens is 2. The molecule has 102 valence electrons. The van der Waals surface area contributed by atoms with Gasteiger partial charge in [0.1, 0.15) is 10.6 Å². The SMILES string of the molecule is CCc1nc(-c2ccc(OC)c(S(=O)(=O)Cl)c2)no1. The van der Waals surface area contributed by atoms with Gasteiger partial charge < -0.3 is 9.26 Å². The normalized spacial score (nSPS) is 11.5. The van der Waals surface area contributed by atoms with Gasteiger partial charge in [-0.05, 0) is 18.2 Å². The average molecular weight is 303 g/mol. The first-order valence-electron chi connectivity index (χ1n) is 5.41. The fourth-order valence-electron chi connectivity index (χ4n) is 1.52. The van der Waals surface area contributed by atoms with Gasteiger partial charge in [-0.2, -0.15) is 4.98 Å². The number of methoxy groups -OCH3 is 1. The van der Waals surface area contributed by atoms with Crippen LogP contribution in [0.15, 0.2) is 27.6 Å². The van der Waals surface area contributed by atoms with E-state index in [2.05, 4.69) is 10.1 Å². The van der Waals surface area contributed by atoms with Crippen molar-refractivity contribution in [1.82, 2.24) is 10.1 Å². The lowest BCUT2D eigenvalue weighted by Crippen LogP contribution is -1.97. The zero-order chi connectivity index (χ0) is 14.0. The number of hydrogen-bond acceptors (Lipinski definition) is 6.